The van der Waals surface area contributed by atoms with Crippen molar-refractivity contribution in [3.63, 3.8) is 0 Å². The fraction of sp³-hybridized carbons (Fsp3) is 0.889. The number of hydrogen-bond donors (Lipinski definition) is 0. The quantitative estimate of drug-likeness (QED) is 0.619. The van der Waals surface area contributed by atoms with E-state index in [1.54, 1.807) is 6.92 Å². The second kappa shape index (κ2) is 3.86. The molecule has 0 aromatic rings. The van der Waals surface area contributed by atoms with Crippen molar-refractivity contribution in [2.45, 2.75) is 39.2 Å². The van der Waals surface area contributed by atoms with Crippen LogP contribution in [0, 0.1) is 0 Å². The number of likely N-dealkylation sites (N-methyl/N-ethyl adjacent to an activating group) is 1. The predicted molar refractivity (Wildman–Crippen MR) is 47.7 cm³/mol. The van der Waals surface area contributed by atoms with Gasteiger partial charge in [-0.1, -0.05) is 13.8 Å². The van der Waals surface area contributed by atoms with Gasteiger partial charge in [-0.2, -0.15) is 0 Å². The molecule has 0 aromatic heterocycles. The van der Waals surface area contributed by atoms with Gasteiger partial charge >= 0.3 is 0 Å². The Kier molecular flexibility index (Phi) is 3.73. The molecule has 0 bridgehead atoms. The van der Waals surface area contributed by atoms with Crippen molar-refractivity contribution in [3.05, 3.63) is 0 Å². The van der Waals surface area contributed by atoms with Crippen molar-refractivity contribution in [1.82, 2.24) is 4.90 Å². The van der Waals surface area contributed by atoms with Crippen LogP contribution in [0.5, 0.6) is 0 Å². The largest absolute Gasteiger partial charge is 0.298 e. The zero-order valence-corrected chi connectivity index (χ0v) is 8.27. The second-order valence-electron chi connectivity index (χ2n) is 3.19. The van der Waals surface area contributed by atoms with Crippen LogP contribution in [0.2, 0.25) is 0 Å². The van der Waals surface area contributed by atoms with E-state index in [2.05, 4.69) is 13.8 Å². The predicted octanol–water partition coefficient (Wildman–Crippen LogP) is 1.70. The van der Waals surface area contributed by atoms with E-state index in [9.17, 15) is 4.79 Å². The lowest BCUT2D eigenvalue weighted by molar-refractivity contribution is -0.128. The lowest BCUT2D eigenvalue weighted by atomic mass is 9.87. The highest BCUT2D eigenvalue weighted by atomic mass is 16.1. The molecule has 0 aliphatic rings. The summed E-state index contributed by atoms with van der Waals surface area (Å²) in [6, 6.07) is 0. The number of Topliss-reactive ketones (excluding diaryl/α,β-unsaturated/α-hetero) is 1. The van der Waals surface area contributed by atoms with Crippen LogP contribution >= 0.6 is 0 Å². The fourth-order valence-corrected chi connectivity index (χ4v) is 1.70. The van der Waals surface area contributed by atoms with Crippen molar-refractivity contribution in [3.8, 4) is 0 Å². The first kappa shape index (κ1) is 10.6. The molecule has 0 aliphatic heterocycles. The molecule has 0 unspecified atom stereocenters. The average molecular weight is 157 g/mol. The van der Waals surface area contributed by atoms with Gasteiger partial charge < -0.3 is 0 Å². The van der Waals surface area contributed by atoms with E-state index in [0.717, 1.165) is 12.8 Å². The first-order valence-electron chi connectivity index (χ1n) is 4.19. The molecular formula is C9H19NO. The van der Waals surface area contributed by atoms with Crippen molar-refractivity contribution < 1.29 is 4.79 Å². The van der Waals surface area contributed by atoms with E-state index in [-0.39, 0.29) is 11.3 Å². The molecule has 0 spiro atoms. The number of carbonyl (C=O) groups excluding carboxylic acids is 1. The summed E-state index contributed by atoms with van der Waals surface area (Å²) in [6.07, 6.45) is 1.79. The van der Waals surface area contributed by atoms with Crippen molar-refractivity contribution in [2.75, 3.05) is 14.1 Å². The van der Waals surface area contributed by atoms with Crippen molar-refractivity contribution >= 4 is 5.78 Å². The third-order valence-electron chi connectivity index (χ3n) is 2.68. The minimum absolute atomic E-state index is 0.222. The van der Waals surface area contributed by atoms with E-state index in [1.165, 1.54) is 0 Å². The Morgan fingerprint density at radius 1 is 1.27 bits per heavy atom. The number of nitrogens with zero attached hydrogens (tertiary/aromatic N) is 1. The van der Waals surface area contributed by atoms with Crippen LogP contribution in [0.1, 0.15) is 33.6 Å². The number of carbonyl (C=O) groups is 1. The van der Waals surface area contributed by atoms with E-state index in [4.69, 9.17) is 0 Å². The highest BCUT2D eigenvalue weighted by Crippen LogP contribution is 2.21. The lowest BCUT2D eigenvalue weighted by Gasteiger charge is -2.35. The third kappa shape index (κ3) is 1.80. The Morgan fingerprint density at radius 2 is 1.64 bits per heavy atom. The molecule has 2 heteroatoms. The van der Waals surface area contributed by atoms with E-state index in [0.29, 0.717) is 0 Å². The Balaban J connectivity index is 4.61. The van der Waals surface area contributed by atoms with Gasteiger partial charge in [0.2, 0.25) is 0 Å². The summed E-state index contributed by atoms with van der Waals surface area (Å²) >= 11 is 0. The van der Waals surface area contributed by atoms with Gasteiger partial charge in [-0.3, -0.25) is 9.69 Å². The highest BCUT2D eigenvalue weighted by Gasteiger charge is 2.33. The summed E-state index contributed by atoms with van der Waals surface area (Å²) in [6.45, 7) is 5.79. The third-order valence-corrected chi connectivity index (χ3v) is 2.68. The van der Waals surface area contributed by atoms with E-state index >= 15 is 0 Å². The fourth-order valence-electron chi connectivity index (χ4n) is 1.70. The molecule has 0 saturated carbocycles. The molecule has 0 saturated heterocycles. The average Bonchev–Trinajstić information content (AvgIpc) is 1.90. The minimum atomic E-state index is -0.222. The van der Waals surface area contributed by atoms with E-state index < -0.39 is 0 Å². The molecule has 0 rings (SSSR count). The molecule has 0 amide bonds. The minimum Gasteiger partial charge on any atom is -0.298 e. The standard InChI is InChI=1S/C9H19NO/c1-6-9(7-2,8(3)11)10(4)5/h6-7H2,1-5H3. The molecule has 0 aromatic carbocycles. The maximum Gasteiger partial charge on any atom is 0.149 e. The SMILES string of the molecule is CCC(CC)(C(C)=O)N(C)C. The summed E-state index contributed by atoms with van der Waals surface area (Å²) < 4.78 is 0. The van der Waals surface area contributed by atoms with Crippen LogP contribution in [0.15, 0.2) is 0 Å². The summed E-state index contributed by atoms with van der Waals surface area (Å²) in [5, 5.41) is 0. The maximum atomic E-state index is 11.3. The molecule has 0 aliphatic carbocycles. The number of hydrogen-bond acceptors (Lipinski definition) is 2. The Hall–Kier alpha value is -0.370. The molecule has 0 heterocycles. The monoisotopic (exact) mass is 157 g/mol. The van der Waals surface area contributed by atoms with Gasteiger partial charge in [0.15, 0.2) is 0 Å². The molecule has 66 valence electrons. The maximum absolute atomic E-state index is 11.3. The normalized spacial score (nSPS) is 12.2. The summed E-state index contributed by atoms with van der Waals surface area (Å²) in [5.74, 6) is 0.271. The molecule has 2 nitrogen and oxygen atoms in total. The molecule has 0 fully saturated rings. The number of rotatable bonds is 4. The van der Waals surface area contributed by atoms with Gasteiger partial charge in [0.05, 0.1) is 5.54 Å². The van der Waals surface area contributed by atoms with Gasteiger partial charge in [-0.15, -0.1) is 0 Å². The van der Waals surface area contributed by atoms with Gasteiger partial charge in [0.1, 0.15) is 5.78 Å². The number of ketones is 1. The summed E-state index contributed by atoms with van der Waals surface area (Å²) in [5.41, 5.74) is -0.222. The van der Waals surface area contributed by atoms with Gasteiger partial charge in [0, 0.05) is 0 Å². The lowest BCUT2D eigenvalue weighted by Crippen LogP contribution is -2.49. The van der Waals surface area contributed by atoms with Crippen LogP contribution in [-0.4, -0.2) is 30.3 Å². The highest BCUT2D eigenvalue weighted by molar-refractivity contribution is 5.85. The van der Waals surface area contributed by atoms with Crippen molar-refractivity contribution in [1.29, 1.82) is 0 Å². The smallest absolute Gasteiger partial charge is 0.149 e. The molecule has 0 N–H and O–H groups in total. The Labute approximate surface area is 69.6 Å². The molecular weight excluding hydrogens is 138 g/mol. The molecule has 0 radical (unpaired) electrons. The van der Waals surface area contributed by atoms with Crippen LogP contribution in [0.4, 0.5) is 0 Å². The zero-order chi connectivity index (χ0) is 9.07. The van der Waals surface area contributed by atoms with Crippen molar-refractivity contribution in [2.24, 2.45) is 0 Å². The van der Waals surface area contributed by atoms with Gasteiger partial charge in [0.25, 0.3) is 0 Å². The first-order chi connectivity index (χ1) is 5.01. The Bertz CT molecular complexity index is 136. The zero-order valence-electron chi connectivity index (χ0n) is 8.27. The molecule has 0 atom stereocenters. The van der Waals surface area contributed by atoms with Gasteiger partial charge in [-0.25, -0.2) is 0 Å². The van der Waals surface area contributed by atoms with Gasteiger partial charge in [-0.05, 0) is 33.9 Å². The summed E-state index contributed by atoms with van der Waals surface area (Å²) in [4.78, 5) is 13.4. The van der Waals surface area contributed by atoms with E-state index in [1.807, 2.05) is 19.0 Å². The topological polar surface area (TPSA) is 20.3 Å². The first-order valence-corrected chi connectivity index (χ1v) is 4.19. The Morgan fingerprint density at radius 3 is 1.64 bits per heavy atom. The van der Waals surface area contributed by atoms with Crippen LogP contribution in [0.3, 0.4) is 0 Å². The summed E-state index contributed by atoms with van der Waals surface area (Å²) in [7, 11) is 3.93. The van der Waals surface area contributed by atoms with Crippen LogP contribution < -0.4 is 0 Å². The van der Waals surface area contributed by atoms with Crippen LogP contribution in [0.25, 0.3) is 0 Å². The van der Waals surface area contributed by atoms with Crippen LogP contribution in [-0.2, 0) is 4.79 Å². The molecule has 11 heavy (non-hydrogen) atoms. The second-order valence-corrected chi connectivity index (χ2v) is 3.19.